The SMILES string of the molecule is CC(C)=O.[Cl-].[Li+]. The smallest absolute Gasteiger partial charge is 1.00 e. The monoisotopic (exact) mass is 100 g/mol. The van der Waals surface area contributed by atoms with Gasteiger partial charge < -0.3 is 17.2 Å². The fourth-order valence-corrected chi connectivity index (χ4v) is 0. The summed E-state index contributed by atoms with van der Waals surface area (Å²) in [6.45, 7) is 3.06. The van der Waals surface area contributed by atoms with Gasteiger partial charge in [0.2, 0.25) is 0 Å². The van der Waals surface area contributed by atoms with Crippen LogP contribution in [0.3, 0.4) is 0 Å². The van der Waals surface area contributed by atoms with Crippen LogP contribution in [0, 0.1) is 0 Å². The number of hydrogen-bond donors (Lipinski definition) is 0. The molecule has 0 radical (unpaired) electrons. The third-order valence-electron chi connectivity index (χ3n) is 0. The van der Waals surface area contributed by atoms with Gasteiger partial charge in [0, 0.05) is 0 Å². The van der Waals surface area contributed by atoms with E-state index in [2.05, 4.69) is 0 Å². The Morgan fingerprint density at radius 1 is 1.33 bits per heavy atom. The normalized spacial score (nSPS) is 4.33. The minimum Gasteiger partial charge on any atom is -1.00 e. The van der Waals surface area contributed by atoms with Crippen molar-refractivity contribution in [2.45, 2.75) is 13.8 Å². The Labute approximate surface area is 56.1 Å². The van der Waals surface area contributed by atoms with Crippen molar-refractivity contribution in [2.24, 2.45) is 0 Å². The zero-order valence-electron chi connectivity index (χ0n) is 4.29. The average molecular weight is 100 g/mol. The fraction of sp³-hybridized carbons (Fsp3) is 0.667. The number of ketones is 1. The topological polar surface area (TPSA) is 17.1 Å². The number of halogens is 1. The molecule has 0 rings (SSSR count). The molecule has 0 aliphatic carbocycles. The van der Waals surface area contributed by atoms with Gasteiger partial charge in [0.1, 0.15) is 5.78 Å². The molecule has 0 N–H and O–H groups in total. The van der Waals surface area contributed by atoms with E-state index in [1.54, 1.807) is 0 Å². The van der Waals surface area contributed by atoms with Gasteiger partial charge in [-0.2, -0.15) is 0 Å². The molecule has 0 aromatic rings. The summed E-state index contributed by atoms with van der Waals surface area (Å²) in [5.41, 5.74) is 0. The van der Waals surface area contributed by atoms with Gasteiger partial charge in [-0.1, -0.05) is 0 Å². The summed E-state index contributed by atoms with van der Waals surface area (Å²) in [4.78, 5) is 9.44. The standard InChI is InChI=1S/C3H6O.ClH.Li/c1-3(2)4;;/h1-2H3;1H;/q;;+1/p-1. The third kappa shape index (κ3) is 186. The quantitative estimate of drug-likeness (QED) is 0.278. The Morgan fingerprint density at radius 3 is 1.33 bits per heavy atom. The fourth-order valence-electron chi connectivity index (χ4n) is 0. The second kappa shape index (κ2) is 9.12. The molecule has 0 saturated carbocycles. The van der Waals surface area contributed by atoms with E-state index in [0.717, 1.165) is 0 Å². The summed E-state index contributed by atoms with van der Waals surface area (Å²) in [6, 6.07) is 0. The number of rotatable bonds is 0. The van der Waals surface area contributed by atoms with Gasteiger partial charge >= 0.3 is 18.9 Å². The van der Waals surface area contributed by atoms with Crippen molar-refractivity contribution >= 4 is 5.78 Å². The maximum Gasteiger partial charge on any atom is 1.00 e. The Morgan fingerprint density at radius 2 is 1.33 bits per heavy atom. The first kappa shape index (κ1) is 16.0. The third-order valence-corrected chi connectivity index (χ3v) is 0. The van der Waals surface area contributed by atoms with Crippen molar-refractivity contribution in [2.75, 3.05) is 0 Å². The van der Waals surface area contributed by atoms with Gasteiger partial charge in [-0.3, -0.25) is 0 Å². The minimum atomic E-state index is 0. The van der Waals surface area contributed by atoms with Crippen LogP contribution < -0.4 is 31.3 Å². The molecule has 0 spiro atoms. The molecule has 32 valence electrons. The predicted molar refractivity (Wildman–Crippen MR) is 16.4 cm³/mol. The summed E-state index contributed by atoms with van der Waals surface area (Å²) < 4.78 is 0. The van der Waals surface area contributed by atoms with Gasteiger partial charge in [-0.25, -0.2) is 0 Å². The van der Waals surface area contributed by atoms with Crippen LogP contribution in [0.4, 0.5) is 0 Å². The molecule has 0 heterocycles. The molecule has 0 saturated heterocycles. The number of carbonyl (C=O) groups is 1. The second-order valence-corrected chi connectivity index (χ2v) is 0.908. The maximum atomic E-state index is 9.44. The van der Waals surface area contributed by atoms with Crippen molar-refractivity contribution in [3.8, 4) is 0 Å². The molecule has 6 heavy (non-hydrogen) atoms. The van der Waals surface area contributed by atoms with Crippen molar-refractivity contribution in [1.82, 2.24) is 0 Å². The van der Waals surface area contributed by atoms with Crippen LogP contribution in [0.5, 0.6) is 0 Å². The zero-order chi connectivity index (χ0) is 3.58. The van der Waals surface area contributed by atoms with Crippen LogP contribution in [0.2, 0.25) is 0 Å². The average Bonchev–Trinajstić information content (AvgIpc) is 0.811. The number of Topliss-reactive ketones (excluding diaryl/α,β-unsaturated/α-hetero) is 1. The van der Waals surface area contributed by atoms with E-state index >= 15 is 0 Å². The molecule has 0 fully saturated rings. The summed E-state index contributed by atoms with van der Waals surface area (Å²) in [7, 11) is 0. The van der Waals surface area contributed by atoms with E-state index in [9.17, 15) is 4.79 Å². The molecular weight excluding hydrogens is 94.4 g/mol. The molecule has 1 nitrogen and oxygen atoms in total. The molecule has 0 bridgehead atoms. The molecular formula is C3H6ClLiO. The largest absolute Gasteiger partial charge is 1.00 e. The first-order valence-electron chi connectivity index (χ1n) is 1.20. The van der Waals surface area contributed by atoms with Crippen molar-refractivity contribution in [1.29, 1.82) is 0 Å². The van der Waals surface area contributed by atoms with Crippen molar-refractivity contribution < 1.29 is 36.1 Å². The number of carbonyl (C=O) groups excluding carboxylic acids is 1. The Balaban J connectivity index is -0.0000000450. The minimum absolute atomic E-state index is 0. The van der Waals surface area contributed by atoms with Crippen LogP contribution in [-0.4, -0.2) is 5.78 Å². The molecule has 3 heteroatoms. The van der Waals surface area contributed by atoms with Crippen LogP contribution in [0.15, 0.2) is 0 Å². The van der Waals surface area contributed by atoms with E-state index in [-0.39, 0.29) is 37.1 Å². The summed E-state index contributed by atoms with van der Waals surface area (Å²) in [5.74, 6) is 0.167. The van der Waals surface area contributed by atoms with E-state index in [0.29, 0.717) is 0 Å². The van der Waals surface area contributed by atoms with Gasteiger partial charge in [0.05, 0.1) is 0 Å². The van der Waals surface area contributed by atoms with Gasteiger partial charge in [0.25, 0.3) is 0 Å². The van der Waals surface area contributed by atoms with Crippen molar-refractivity contribution in [3.05, 3.63) is 0 Å². The maximum absolute atomic E-state index is 9.44. The van der Waals surface area contributed by atoms with E-state index in [1.807, 2.05) is 0 Å². The van der Waals surface area contributed by atoms with Crippen LogP contribution in [0.25, 0.3) is 0 Å². The first-order chi connectivity index (χ1) is 1.73. The van der Waals surface area contributed by atoms with Crippen LogP contribution in [0.1, 0.15) is 13.8 Å². The van der Waals surface area contributed by atoms with Crippen molar-refractivity contribution in [3.63, 3.8) is 0 Å². The Hall–Kier alpha value is 0.557. The van der Waals surface area contributed by atoms with E-state index < -0.39 is 0 Å². The zero-order valence-corrected chi connectivity index (χ0v) is 5.04. The van der Waals surface area contributed by atoms with Gasteiger partial charge in [-0.05, 0) is 13.8 Å². The van der Waals surface area contributed by atoms with E-state index in [4.69, 9.17) is 0 Å². The van der Waals surface area contributed by atoms with Gasteiger partial charge in [0.15, 0.2) is 0 Å². The second-order valence-electron chi connectivity index (χ2n) is 0.908. The van der Waals surface area contributed by atoms with Crippen LogP contribution >= 0.6 is 0 Å². The van der Waals surface area contributed by atoms with E-state index in [1.165, 1.54) is 13.8 Å². The Kier molecular flexibility index (Phi) is 24.3. The molecule has 0 atom stereocenters. The summed E-state index contributed by atoms with van der Waals surface area (Å²) in [6.07, 6.45) is 0. The molecule has 0 aromatic carbocycles. The molecule has 0 unspecified atom stereocenters. The van der Waals surface area contributed by atoms with Gasteiger partial charge in [-0.15, -0.1) is 0 Å². The molecule has 0 aliphatic heterocycles. The van der Waals surface area contributed by atoms with Crippen LogP contribution in [-0.2, 0) is 4.79 Å². The Bertz CT molecular complexity index is 33.8. The molecule has 0 aliphatic rings. The predicted octanol–water partition coefficient (Wildman–Crippen LogP) is -5.40. The summed E-state index contributed by atoms with van der Waals surface area (Å²) >= 11 is 0. The first-order valence-corrected chi connectivity index (χ1v) is 1.20. The number of hydrogen-bond acceptors (Lipinski definition) is 1. The molecule has 0 amide bonds. The molecule has 0 aromatic heterocycles. The summed E-state index contributed by atoms with van der Waals surface area (Å²) in [5, 5.41) is 0.